The third-order valence-electron chi connectivity index (χ3n) is 3.63. The van der Waals surface area contributed by atoms with E-state index in [4.69, 9.17) is 0 Å². The van der Waals surface area contributed by atoms with Gasteiger partial charge in [0.15, 0.2) is 0 Å². The lowest BCUT2D eigenvalue weighted by atomic mass is 10.0. The molecular weight excluding hydrogens is 184 g/mol. The fourth-order valence-corrected chi connectivity index (χ4v) is 2.43. The first kappa shape index (κ1) is 13.0. The van der Waals surface area contributed by atoms with Crippen LogP contribution >= 0.6 is 0 Å². The highest BCUT2D eigenvalue weighted by Crippen LogP contribution is 2.15. The van der Waals surface area contributed by atoms with Crippen molar-refractivity contribution in [1.82, 2.24) is 10.2 Å². The molecular formula is C13H28N2. The lowest BCUT2D eigenvalue weighted by Crippen LogP contribution is -2.34. The van der Waals surface area contributed by atoms with Crippen LogP contribution < -0.4 is 5.32 Å². The summed E-state index contributed by atoms with van der Waals surface area (Å²) in [7, 11) is 0. The monoisotopic (exact) mass is 212 g/mol. The molecule has 0 bridgehead atoms. The molecule has 0 radical (unpaired) electrons. The van der Waals surface area contributed by atoms with E-state index in [2.05, 4.69) is 31.0 Å². The highest BCUT2D eigenvalue weighted by Gasteiger charge is 2.22. The minimum Gasteiger partial charge on any atom is -0.313 e. The van der Waals surface area contributed by atoms with Gasteiger partial charge in [-0.25, -0.2) is 0 Å². The molecule has 1 atom stereocenters. The van der Waals surface area contributed by atoms with Crippen molar-refractivity contribution in [1.29, 1.82) is 0 Å². The van der Waals surface area contributed by atoms with Crippen molar-refractivity contribution in [2.45, 2.75) is 52.5 Å². The molecule has 90 valence electrons. The van der Waals surface area contributed by atoms with Crippen LogP contribution in [-0.4, -0.2) is 37.1 Å². The fourth-order valence-electron chi connectivity index (χ4n) is 2.43. The third kappa shape index (κ3) is 4.52. The Bertz CT molecular complexity index is 155. The molecule has 1 saturated heterocycles. The normalized spacial score (nSPS) is 22.8. The van der Waals surface area contributed by atoms with Crippen LogP contribution in [0.4, 0.5) is 0 Å². The molecule has 1 aliphatic rings. The molecule has 1 heterocycles. The maximum absolute atomic E-state index is 3.63. The van der Waals surface area contributed by atoms with Gasteiger partial charge < -0.3 is 10.2 Å². The Hall–Kier alpha value is -0.0800. The zero-order chi connectivity index (χ0) is 11.1. The summed E-state index contributed by atoms with van der Waals surface area (Å²) in [6, 6.07) is 0.763. The van der Waals surface area contributed by atoms with Gasteiger partial charge in [-0.2, -0.15) is 0 Å². The van der Waals surface area contributed by atoms with Crippen LogP contribution in [0, 0.1) is 5.92 Å². The van der Waals surface area contributed by atoms with E-state index in [-0.39, 0.29) is 0 Å². The largest absolute Gasteiger partial charge is 0.313 e. The van der Waals surface area contributed by atoms with E-state index in [9.17, 15) is 0 Å². The van der Waals surface area contributed by atoms with Crippen molar-refractivity contribution >= 4 is 0 Å². The Morgan fingerprint density at radius 1 is 1.27 bits per heavy atom. The summed E-state index contributed by atoms with van der Waals surface area (Å²) in [6.45, 7) is 12.0. The number of rotatable bonds is 7. The Labute approximate surface area is 95.4 Å². The van der Waals surface area contributed by atoms with Crippen LogP contribution in [0.5, 0.6) is 0 Å². The van der Waals surface area contributed by atoms with Gasteiger partial charge in [-0.1, -0.05) is 33.6 Å². The average Bonchev–Trinajstić information content (AvgIpc) is 2.70. The Balaban J connectivity index is 2.17. The van der Waals surface area contributed by atoms with E-state index in [0.29, 0.717) is 0 Å². The van der Waals surface area contributed by atoms with E-state index in [1.165, 1.54) is 51.9 Å². The van der Waals surface area contributed by atoms with Crippen molar-refractivity contribution in [3.05, 3.63) is 0 Å². The van der Waals surface area contributed by atoms with Gasteiger partial charge >= 0.3 is 0 Å². The van der Waals surface area contributed by atoms with Gasteiger partial charge in [-0.3, -0.25) is 0 Å². The van der Waals surface area contributed by atoms with E-state index >= 15 is 0 Å². The van der Waals surface area contributed by atoms with Crippen LogP contribution in [0.25, 0.3) is 0 Å². The fraction of sp³-hybridized carbons (Fsp3) is 1.00. The second kappa shape index (κ2) is 7.24. The van der Waals surface area contributed by atoms with Crippen molar-refractivity contribution in [3.63, 3.8) is 0 Å². The van der Waals surface area contributed by atoms with Gasteiger partial charge in [0.25, 0.3) is 0 Å². The predicted molar refractivity (Wildman–Crippen MR) is 67.2 cm³/mol. The molecule has 0 spiro atoms. The average molecular weight is 212 g/mol. The molecule has 0 aromatic rings. The maximum atomic E-state index is 3.63. The first-order chi connectivity index (χ1) is 7.30. The molecule has 0 aromatic heterocycles. The molecule has 0 aliphatic carbocycles. The van der Waals surface area contributed by atoms with E-state index in [1.54, 1.807) is 0 Å². The molecule has 0 aromatic carbocycles. The summed E-state index contributed by atoms with van der Waals surface area (Å²) in [5, 5.41) is 3.63. The zero-order valence-electron chi connectivity index (χ0n) is 10.8. The lowest BCUT2D eigenvalue weighted by molar-refractivity contribution is 0.262. The van der Waals surface area contributed by atoms with E-state index in [1.807, 2.05) is 0 Å². The maximum Gasteiger partial charge on any atom is 0.0207 e. The van der Waals surface area contributed by atoms with Gasteiger partial charge in [0, 0.05) is 19.1 Å². The molecule has 1 aliphatic heterocycles. The Morgan fingerprint density at radius 3 is 2.60 bits per heavy atom. The van der Waals surface area contributed by atoms with Crippen LogP contribution in [0.1, 0.15) is 46.5 Å². The van der Waals surface area contributed by atoms with Crippen LogP contribution in [0.3, 0.4) is 0 Å². The Kier molecular flexibility index (Phi) is 6.26. The molecule has 0 saturated carbocycles. The van der Waals surface area contributed by atoms with Gasteiger partial charge in [0.05, 0.1) is 0 Å². The van der Waals surface area contributed by atoms with Crippen LogP contribution in [0.2, 0.25) is 0 Å². The molecule has 1 fully saturated rings. The van der Waals surface area contributed by atoms with Gasteiger partial charge in [-0.05, 0) is 31.8 Å². The van der Waals surface area contributed by atoms with E-state index < -0.39 is 0 Å². The summed E-state index contributed by atoms with van der Waals surface area (Å²) in [5.74, 6) is 0.912. The quantitative estimate of drug-likeness (QED) is 0.697. The van der Waals surface area contributed by atoms with E-state index in [0.717, 1.165) is 12.0 Å². The summed E-state index contributed by atoms with van der Waals surface area (Å²) in [4.78, 5) is 2.64. The molecule has 0 amide bonds. The van der Waals surface area contributed by atoms with Crippen LogP contribution in [-0.2, 0) is 0 Å². The predicted octanol–water partition coefficient (Wildman–Crippen LogP) is 2.50. The molecule has 1 rings (SSSR count). The number of nitrogens with one attached hydrogen (secondary N) is 1. The third-order valence-corrected chi connectivity index (χ3v) is 3.63. The molecule has 15 heavy (non-hydrogen) atoms. The minimum atomic E-state index is 0.763. The number of hydrogen-bond donors (Lipinski definition) is 1. The first-order valence-corrected chi connectivity index (χ1v) is 6.75. The minimum absolute atomic E-state index is 0.763. The molecule has 1 unspecified atom stereocenters. The van der Waals surface area contributed by atoms with Crippen molar-refractivity contribution in [3.8, 4) is 0 Å². The summed E-state index contributed by atoms with van der Waals surface area (Å²) >= 11 is 0. The standard InChI is InChI=1S/C13H28N2/c1-4-8-14-13-7-9-15(11-13)10-12(5-2)6-3/h12-14H,4-11H2,1-3H3. The number of likely N-dealkylation sites (tertiary alicyclic amines) is 1. The topological polar surface area (TPSA) is 15.3 Å². The first-order valence-electron chi connectivity index (χ1n) is 6.75. The number of nitrogens with zero attached hydrogens (tertiary/aromatic N) is 1. The molecule has 2 nitrogen and oxygen atoms in total. The zero-order valence-corrected chi connectivity index (χ0v) is 10.8. The summed E-state index contributed by atoms with van der Waals surface area (Å²) in [5.41, 5.74) is 0. The number of hydrogen-bond acceptors (Lipinski definition) is 2. The van der Waals surface area contributed by atoms with Gasteiger partial charge in [0.2, 0.25) is 0 Å². The van der Waals surface area contributed by atoms with Gasteiger partial charge in [0.1, 0.15) is 0 Å². The summed E-state index contributed by atoms with van der Waals surface area (Å²) in [6.07, 6.45) is 5.27. The second-order valence-electron chi connectivity index (χ2n) is 4.88. The van der Waals surface area contributed by atoms with Crippen molar-refractivity contribution in [2.75, 3.05) is 26.2 Å². The van der Waals surface area contributed by atoms with Crippen molar-refractivity contribution in [2.24, 2.45) is 5.92 Å². The lowest BCUT2D eigenvalue weighted by Gasteiger charge is -2.21. The smallest absolute Gasteiger partial charge is 0.0207 e. The Morgan fingerprint density at radius 2 is 2.00 bits per heavy atom. The SMILES string of the molecule is CCCNC1CCN(CC(CC)CC)C1. The highest BCUT2D eigenvalue weighted by atomic mass is 15.2. The second-order valence-corrected chi connectivity index (χ2v) is 4.88. The van der Waals surface area contributed by atoms with Crippen LogP contribution in [0.15, 0.2) is 0 Å². The molecule has 2 heteroatoms. The van der Waals surface area contributed by atoms with Gasteiger partial charge in [-0.15, -0.1) is 0 Å². The highest BCUT2D eigenvalue weighted by molar-refractivity contribution is 4.81. The summed E-state index contributed by atoms with van der Waals surface area (Å²) < 4.78 is 0. The van der Waals surface area contributed by atoms with Crippen molar-refractivity contribution < 1.29 is 0 Å². The molecule has 1 N–H and O–H groups in total.